The van der Waals surface area contributed by atoms with E-state index in [9.17, 15) is 8.78 Å². The minimum atomic E-state index is -2.77. The summed E-state index contributed by atoms with van der Waals surface area (Å²) in [6.07, 6.45) is 4.81. The molecule has 0 bridgehead atoms. The van der Waals surface area contributed by atoms with E-state index in [0.717, 1.165) is 18.4 Å². The number of halogens is 3. The van der Waals surface area contributed by atoms with Crippen LogP contribution in [0.3, 0.4) is 0 Å². The summed E-state index contributed by atoms with van der Waals surface area (Å²) in [7, 11) is 0. The molecule has 0 amide bonds. The molecule has 1 fully saturated rings. The highest BCUT2D eigenvalue weighted by molar-refractivity contribution is 5.85. The SMILES string of the molecule is Cl.N[C@H](c1ccc(OC(F)F)cc1)C1CCCC1. The molecule has 2 nitrogen and oxygen atoms in total. The Labute approximate surface area is 112 Å². The molecule has 5 heteroatoms. The van der Waals surface area contributed by atoms with Gasteiger partial charge in [-0.2, -0.15) is 8.78 Å². The highest BCUT2D eigenvalue weighted by atomic mass is 35.5. The minimum absolute atomic E-state index is 0. The zero-order valence-electron chi connectivity index (χ0n) is 10.0. The summed E-state index contributed by atoms with van der Waals surface area (Å²) in [6, 6.07) is 6.67. The average Bonchev–Trinajstić information content (AvgIpc) is 2.82. The summed E-state index contributed by atoms with van der Waals surface area (Å²) < 4.78 is 28.3. The van der Waals surface area contributed by atoms with Gasteiger partial charge in [0.1, 0.15) is 5.75 Å². The molecule has 1 aromatic carbocycles. The molecule has 0 heterocycles. The highest BCUT2D eigenvalue weighted by Gasteiger charge is 2.23. The molecule has 0 aliphatic heterocycles. The van der Waals surface area contributed by atoms with Crippen molar-refractivity contribution in [1.82, 2.24) is 0 Å². The van der Waals surface area contributed by atoms with Gasteiger partial charge in [0.25, 0.3) is 0 Å². The first kappa shape index (κ1) is 15.2. The Hall–Kier alpha value is -0.870. The van der Waals surface area contributed by atoms with Crippen molar-refractivity contribution in [3.05, 3.63) is 29.8 Å². The van der Waals surface area contributed by atoms with E-state index in [2.05, 4.69) is 4.74 Å². The predicted molar refractivity (Wildman–Crippen MR) is 69.2 cm³/mol. The van der Waals surface area contributed by atoms with Crippen LogP contribution in [0.4, 0.5) is 8.78 Å². The van der Waals surface area contributed by atoms with Crippen molar-refractivity contribution in [3.8, 4) is 5.75 Å². The summed E-state index contributed by atoms with van der Waals surface area (Å²) >= 11 is 0. The van der Waals surface area contributed by atoms with Gasteiger partial charge in [-0.05, 0) is 36.5 Å². The largest absolute Gasteiger partial charge is 0.435 e. The number of hydrogen-bond acceptors (Lipinski definition) is 2. The van der Waals surface area contributed by atoms with Crippen molar-refractivity contribution in [2.75, 3.05) is 0 Å². The highest BCUT2D eigenvalue weighted by Crippen LogP contribution is 2.34. The number of ether oxygens (including phenoxy) is 1. The fourth-order valence-electron chi connectivity index (χ4n) is 2.46. The van der Waals surface area contributed by atoms with E-state index in [-0.39, 0.29) is 24.2 Å². The molecule has 0 radical (unpaired) electrons. The summed E-state index contributed by atoms with van der Waals surface area (Å²) in [5.74, 6) is 0.708. The molecule has 1 atom stereocenters. The number of nitrogens with two attached hydrogens (primary N) is 1. The van der Waals surface area contributed by atoms with E-state index in [1.807, 2.05) is 0 Å². The second kappa shape index (κ2) is 6.90. The number of alkyl halides is 2. The third-order valence-electron chi connectivity index (χ3n) is 3.40. The molecule has 0 saturated heterocycles. The van der Waals surface area contributed by atoms with Crippen LogP contribution in [0.2, 0.25) is 0 Å². The third-order valence-corrected chi connectivity index (χ3v) is 3.40. The first-order chi connectivity index (χ1) is 8.16. The Kier molecular flexibility index (Phi) is 5.82. The number of benzene rings is 1. The second-order valence-corrected chi connectivity index (χ2v) is 4.52. The number of rotatable bonds is 4. The van der Waals surface area contributed by atoms with Crippen LogP contribution in [0.25, 0.3) is 0 Å². The smallest absolute Gasteiger partial charge is 0.387 e. The minimum Gasteiger partial charge on any atom is -0.435 e. The Morgan fingerprint density at radius 2 is 1.67 bits per heavy atom. The Balaban J connectivity index is 0.00000162. The van der Waals surface area contributed by atoms with Gasteiger partial charge in [0.05, 0.1) is 0 Å². The van der Waals surface area contributed by atoms with Crippen LogP contribution in [0, 0.1) is 5.92 Å². The summed E-state index contributed by atoms with van der Waals surface area (Å²) in [5, 5.41) is 0. The van der Waals surface area contributed by atoms with Gasteiger partial charge in [0.2, 0.25) is 0 Å². The van der Waals surface area contributed by atoms with E-state index in [1.54, 1.807) is 24.3 Å². The predicted octanol–water partition coefficient (Wildman–Crippen LogP) is 3.90. The Morgan fingerprint density at radius 1 is 1.11 bits per heavy atom. The van der Waals surface area contributed by atoms with Crippen molar-refractivity contribution in [2.24, 2.45) is 11.7 Å². The molecule has 18 heavy (non-hydrogen) atoms. The van der Waals surface area contributed by atoms with Gasteiger partial charge in [-0.25, -0.2) is 0 Å². The van der Waals surface area contributed by atoms with Crippen LogP contribution < -0.4 is 10.5 Å². The second-order valence-electron chi connectivity index (χ2n) is 4.52. The summed E-state index contributed by atoms with van der Waals surface area (Å²) in [5.41, 5.74) is 7.16. The lowest BCUT2D eigenvalue weighted by Crippen LogP contribution is -2.18. The molecule has 0 unspecified atom stereocenters. The van der Waals surface area contributed by atoms with Crippen LogP contribution in [-0.4, -0.2) is 6.61 Å². The summed E-state index contributed by atoms with van der Waals surface area (Å²) in [6.45, 7) is -2.77. The Morgan fingerprint density at radius 3 is 2.17 bits per heavy atom. The zero-order valence-corrected chi connectivity index (χ0v) is 10.8. The maximum atomic E-state index is 12.0. The van der Waals surface area contributed by atoms with Crippen molar-refractivity contribution in [2.45, 2.75) is 38.3 Å². The molecular formula is C13H18ClF2NO. The zero-order chi connectivity index (χ0) is 12.3. The van der Waals surface area contributed by atoms with Crippen LogP contribution >= 0.6 is 12.4 Å². The molecule has 0 spiro atoms. The van der Waals surface area contributed by atoms with E-state index >= 15 is 0 Å². The van der Waals surface area contributed by atoms with Gasteiger partial charge in [0.15, 0.2) is 0 Å². The average molecular weight is 278 g/mol. The van der Waals surface area contributed by atoms with Gasteiger partial charge in [-0.15, -0.1) is 12.4 Å². The molecule has 2 N–H and O–H groups in total. The van der Waals surface area contributed by atoms with Crippen molar-refractivity contribution in [3.63, 3.8) is 0 Å². The van der Waals surface area contributed by atoms with Gasteiger partial charge in [0, 0.05) is 6.04 Å². The van der Waals surface area contributed by atoms with E-state index < -0.39 is 6.61 Å². The quantitative estimate of drug-likeness (QED) is 0.906. The van der Waals surface area contributed by atoms with Crippen LogP contribution in [-0.2, 0) is 0 Å². The third kappa shape index (κ3) is 3.82. The van der Waals surface area contributed by atoms with Crippen LogP contribution in [0.1, 0.15) is 37.3 Å². The van der Waals surface area contributed by atoms with E-state index in [0.29, 0.717) is 5.92 Å². The lowest BCUT2D eigenvalue weighted by molar-refractivity contribution is -0.0498. The van der Waals surface area contributed by atoms with Crippen molar-refractivity contribution >= 4 is 12.4 Å². The lowest BCUT2D eigenvalue weighted by Gasteiger charge is -2.19. The van der Waals surface area contributed by atoms with Gasteiger partial charge < -0.3 is 10.5 Å². The van der Waals surface area contributed by atoms with Crippen molar-refractivity contribution in [1.29, 1.82) is 0 Å². The normalized spacial score (nSPS) is 17.6. The molecule has 0 aromatic heterocycles. The molecule has 102 valence electrons. The van der Waals surface area contributed by atoms with Gasteiger partial charge in [-0.3, -0.25) is 0 Å². The monoisotopic (exact) mass is 277 g/mol. The fourth-order valence-corrected chi connectivity index (χ4v) is 2.46. The molecule has 1 aliphatic carbocycles. The van der Waals surface area contributed by atoms with Gasteiger partial charge in [-0.1, -0.05) is 25.0 Å². The molecular weight excluding hydrogens is 260 g/mol. The summed E-state index contributed by atoms with van der Waals surface area (Å²) in [4.78, 5) is 0. The topological polar surface area (TPSA) is 35.2 Å². The Bertz CT molecular complexity index is 353. The van der Waals surface area contributed by atoms with Gasteiger partial charge >= 0.3 is 6.61 Å². The number of hydrogen-bond donors (Lipinski definition) is 1. The van der Waals surface area contributed by atoms with Crippen LogP contribution in [0.15, 0.2) is 24.3 Å². The van der Waals surface area contributed by atoms with E-state index in [1.165, 1.54) is 12.8 Å². The van der Waals surface area contributed by atoms with Crippen molar-refractivity contribution < 1.29 is 13.5 Å². The molecule has 1 saturated carbocycles. The van der Waals surface area contributed by atoms with E-state index in [4.69, 9.17) is 5.73 Å². The van der Waals surface area contributed by atoms with Crippen LogP contribution in [0.5, 0.6) is 5.75 Å². The molecule has 1 aromatic rings. The first-order valence-corrected chi connectivity index (χ1v) is 5.97. The maximum absolute atomic E-state index is 12.0. The fraction of sp³-hybridized carbons (Fsp3) is 0.538. The standard InChI is InChI=1S/C13H17F2NO.ClH/c14-13(15)17-11-7-5-10(6-8-11)12(16)9-3-1-2-4-9;/h5-9,12-13H,1-4,16H2;1H/t12-;/m0./s1. The maximum Gasteiger partial charge on any atom is 0.387 e. The molecule has 2 rings (SSSR count). The first-order valence-electron chi connectivity index (χ1n) is 5.97. The molecule has 1 aliphatic rings. The lowest BCUT2D eigenvalue weighted by atomic mass is 9.92.